The fourth-order valence-corrected chi connectivity index (χ4v) is 2.28. The summed E-state index contributed by atoms with van der Waals surface area (Å²) in [6.07, 6.45) is 4.09. The molecule has 5 heteroatoms. The first-order chi connectivity index (χ1) is 9.82. The molecule has 0 aromatic rings. The van der Waals surface area contributed by atoms with E-state index in [0.717, 1.165) is 19.1 Å². The van der Waals surface area contributed by atoms with E-state index in [1.54, 1.807) is 4.90 Å². The molecule has 0 aromatic carbocycles. The van der Waals surface area contributed by atoms with Crippen LogP contribution in [0.25, 0.3) is 0 Å². The standard InChI is InChI=1S/C16H29NO4/c1-5-6-11-20-13-16(12-18)7-9-17(10-8-16)14(19)21-15(2,3)4/h12H,5-11,13H2,1-4H3. The molecule has 21 heavy (non-hydrogen) atoms. The number of amides is 1. The summed E-state index contributed by atoms with van der Waals surface area (Å²) >= 11 is 0. The van der Waals surface area contributed by atoms with Crippen LogP contribution in [0.3, 0.4) is 0 Å². The van der Waals surface area contributed by atoms with Gasteiger partial charge in [0, 0.05) is 19.7 Å². The molecule has 0 unspecified atom stereocenters. The van der Waals surface area contributed by atoms with Gasteiger partial charge in [0.15, 0.2) is 0 Å². The van der Waals surface area contributed by atoms with Crippen molar-refractivity contribution in [3.63, 3.8) is 0 Å². The van der Waals surface area contributed by atoms with Gasteiger partial charge < -0.3 is 19.2 Å². The number of nitrogens with zero attached hydrogens (tertiary/aromatic N) is 1. The maximum atomic E-state index is 12.0. The Hall–Kier alpha value is -1.10. The van der Waals surface area contributed by atoms with E-state index >= 15 is 0 Å². The Labute approximate surface area is 128 Å². The van der Waals surface area contributed by atoms with Crippen LogP contribution in [0.4, 0.5) is 4.79 Å². The van der Waals surface area contributed by atoms with Crippen molar-refractivity contribution < 1.29 is 19.1 Å². The van der Waals surface area contributed by atoms with Crippen molar-refractivity contribution >= 4 is 12.4 Å². The lowest BCUT2D eigenvalue weighted by Gasteiger charge is -2.38. The van der Waals surface area contributed by atoms with Crippen molar-refractivity contribution in [2.24, 2.45) is 5.41 Å². The fraction of sp³-hybridized carbons (Fsp3) is 0.875. The second-order valence-electron chi connectivity index (χ2n) is 6.85. The molecule has 1 heterocycles. The smallest absolute Gasteiger partial charge is 0.410 e. The summed E-state index contributed by atoms with van der Waals surface area (Å²) in [5, 5.41) is 0. The number of ether oxygens (including phenoxy) is 2. The number of rotatable bonds is 6. The van der Waals surface area contributed by atoms with E-state index in [0.29, 0.717) is 39.1 Å². The van der Waals surface area contributed by atoms with Gasteiger partial charge in [-0.3, -0.25) is 0 Å². The Balaban J connectivity index is 2.44. The molecule has 1 aliphatic rings. The molecular formula is C16H29NO4. The average molecular weight is 299 g/mol. The monoisotopic (exact) mass is 299 g/mol. The molecule has 0 spiro atoms. The van der Waals surface area contributed by atoms with Gasteiger partial charge in [0.05, 0.1) is 12.0 Å². The first-order valence-corrected chi connectivity index (χ1v) is 7.84. The lowest BCUT2D eigenvalue weighted by Crippen LogP contribution is -2.47. The molecular weight excluding hydrogens is 270 g/mol. The molecule has 1 rings (SSSR count). The minimum Gasteiger partial charge on any atom is -0.444 e. The first kappa shape index (κ1) is 18.0. The van der Waals surface area contributed by atoms with Crippen LogP contribution in [-0.2, 0) is 14.3 Å². The van der Waals surface area contributed by atoms with E-state index in [9.17, 15) is 9.59 Å². The van der Waals surface area contributed by atoms with E-state index in [2.05, 4.69) is 6.92 Å². The van der Waals surface area contributed by atoms with Gasteiger partial charge in [-0.1, -0.05) is 13.3 Å². The van der Waals surface area contributed by atoms with Gasteiger partial charge in [0.2, 0.25) is 0 Å². The van der Waals surface area contributed by atoms with Gasteiger partial charge in [0.25, 0.3) is 0 Å². The van der Waals surface area contributed by atoms with Crippen LogP contribution in [0.1, 0.15) is 53.4 Å². The van der Waals surface area contributed by atoms with Crippen LogP contribution in [-0.4, -0.2) is 49.2 Å². The van der Waals surface area contributed by atoms with Gasteiger partial charge in [0.1, 0.15) is 11.9 Å². The number of aldehydes is 1. The molecule has 0 bridgehead atoms. The third-order valence-electron chi connectivity index (χ3n) is 3.69. The molecule has 1 fully saturated rings. The van der Waals surface area contributed by atoms with Crippen LogP contribution < -0.4 is 0 Å². The molecule has 0 aromatic heterocycles. The van der Waals surface area contributed by atoms with Gasteiger partial charge >= 0.3 is 6.09 Å². The second kappa shape index (κ2) is 7.78. The molecule has 0 N–H and O–H groups in total. The van der Waals surface area contributed by atoms with Crippen LogP contribution in [0.15, 0.2) is 0 Å². The minimum atomic E-state index is -0.487. The number of carbonyl (C=O) groups excluding carboxylic acids is 2. The SMILES string of the molecule is CCCCOCC1(C=O)CCN(C(=O)OC(C)(C)C)CC1. The molecule has 0 atom stereocenters. The van der Waals surface area contributed by atoms with Crippen molar-refractivity contribution in [3.8, 4) is 0 Å². The molecule has 5 nitrogen and oxygen atoms in total. The minimum absolute atomic E-state index is 0.297. The average Bonchev–Trinajstić information content (AvgIpc) is 2.42. The highest BCUT2D eigenvalue weighted by atomic mass is 16.6. The summed E-state index contributed by atoms with van der Waals surface area (Å²) in [4.78, 5) is 25.1. The number of piperidine rings is 1. The Morgan fingerprint density at radius 3 is 2.38 bits per heavy atom. The van der Waals surface area contributed by atoms with E-state index in [-0.39, 0.29) is 6.09 Å². The second-order valence-corrected chi connectivity index (χ2v) is 6.85. The fourth-order valence-electron chi connectivity index (χ4n) is 2.28. The Morgan fingerprint density at radius 2 is 1.90 bits per heavy atom. The van der Waals surface area contributed by atoms with Crippen LogP contribution >= 0.6 is 0 Å². The zero-order valence-corrected chi connectivity index (χ0v) is 13.8. The third kappa shape index (κ3) is 6.04. The predicted octanol–water partition coefficient (Wildman–Crippen LogP) is 3.02. The quantitative estimate of drug-likeness (QED) is 0.559. The topological polar surface area (TPSA) is 55.8 Å². The summed E-state index contributed by atoms with van der Waals surface area (Å²) in [5.74, 6) is 0. The summed E-state index contributed by atoms with van der Waals surface area (Å²) < 4.78 is 11.0. The van der Waals surface area contributed by atoms with Gasteiger partial charge in [-0.2, -0.15) is 0 Å². The van der Waals surface area contributed by atoms with Crippen molar-refractivity contribution in [1.29, 1.82) is 0 Å². The summed E-state index contributed by atoms with van der Waals surface area (Å²) in [6, 6.07) is 0. The third-order valence-corrected chi connectivity index (χ3v) is 3.69. The van der Waals surface area contributed by atoms with E-state index in [1.165, 1.54) is 0 Å². The van der Waals surface area contributed by atoms with Crippen molar-refractivity contribution in [2.75, 3.05) is 26.3 Å². The number of hydrogen-bond donors (Lipinski definition) is 0. The molecule has 1 aliphatic heterocycles. The number of carbonyl (C=O) groups is 2. The Bertz CT molecular complexity index is 341. The van der Waals surface area contributed by atoms with Gasteiger partial charge in [-0.25, -0.2) is 4.79 Å². The Morgan fingerprint density at radius 1 is 1.29 bits per heavy atom. The molecule has 0 saturated carbocycles. The summed E-state index contributed by atoms with van der Waals surface area (Å²) in [5.41, 5.74) is -0.925. The summed E-state index contributed by atoms with van der Waals surface area (Å²) in [7, 11) is 0. The van der Waals surface area contributed by atoms with Crippen molar-refractivity contribution in [3.05, 3.63) is 0 Å². The number of likely N-dealkylation sites (tertiary alicyclic amines) is 1. The van der Waals surface area contributed by atoms with Crippen molar-refractivity contribution in [2.45, 2.75) is 59.0 Å². The number of hydrogen-bond acceptors (Lipinski definition) is 4. The van der Waals surface area contributed by atoms with Crippen LogP contribution in [0, 0.1) is 5.41 Å². The zero-order valence-electron chi connectivity index (χ0n) is 13.8. The van der Waals surface area contributed by atoms with Crippen LogP contribution in [0.5, 0.6) is 0 Å². The maximum absolute atomic E-state index is 12.0. The molecule has 1 amide bonds. The zero-order chi connectivity index (χ0) is 15.9. The highest BCUT2D eigenvalue weighted by Crippen LogP contribution is 2.30. The molecule has 122 valence electrons. The van der Waals surface area contributed by atoms with Gasteiger partial charge in [-0.05, 0) is 40.0 Å². The lowest BCUT2D eigenvalue weighted by molar-refractivity contribution is -0.123. The molecule has 1 saturated heterocycles. The highest BCUT2D eigenvalue weighted by molar-refractivity contribution is 5.69. The van der Waals surface area contributed by atoms with E-state index < -0.39 is 11.0 Å². The predicted molar refractivity (Wildman–Crippen MR) is 81.3 cm³/mol. The largest absolute Gasteiger partial charge is 0.444 e. The lowest BCUT2D eigenvalue weighted by atomic mass is 9.80. The Kier molecular flexibility index (Phi) is 6.65. The van der Waals surface area contributed by atoms with Gasteiger partial charge in [-0.15, -0.1) is 0 Å². The maximum Gasteiger partial charge on any atom is 0.410 e. The number of unbranched alkanes of at least 4 members (excludes halogenated alkanes) is 1. The first-order valence-electron chi connectivity index (χ1n) is 7.84. The van der Waals surface area contributed by atoms with E-state index in [1.807, 2.05) is 20.8 Å². The van der Waals surface area contributed by atoms with Crippen LogP contribution in [0.2, 0.25) is 0 Å². The normalized spacial score (nSPS) is 18.4. The van der Waals surface area contributed by atoms with E-state index in [4.69, 9.17) is 9.47 Å². The molecule has 0 aliphatic carbocycles. The highest BCUT2D eigenvalue weighted by Gasteiger charge is 2.37. The molecule has 0 radical (unpaired) electrons. The van der Waals surface area contributed by atoms with Crippen molar-refractivity contribution in [1.82, 2.24) is 4.90 Å². The summed E-state index contributed by atoms with van der Waals surface area (Å²) in [6.45, 7) is 9.92.